The number of hydrogen-bond donors (Lipinski definition) is 0. The zero-order chi connectivity index (χ0) is 18.7. The highest BCUT2D eigenvalue weighted by Crippen LogP contribution is 2.26. The van der Waals surface area contributed by atoms with Crippen LogP contribution in [0.5, 0.6) is 0 Å². The highest BCUT2D eigenvalue weighted by Gasteiger charge is 2.34. The third-order valence-electron chi connectivity index (χ3n) is 5.49. The Kier molecular flexibility index (Phi) is 5.97. The van der Waals surface area contributed by atoms with Crippen molar-refractivity contribution in [2.45, 2.75) is 50.3 Å². The minimum atomic E-state index is -3.64. The van der Waals surface area contributed by atoms with Gasteiger partial charge in [0, 0.05) is 32.1 Å². The monoisotopic (exact) mass is 382 g/mol. The van der Waals surface area contributed by atoms with Crippen LogP contribution in [-0.4, -0.2) is 49.7 Å². The van der Waals surface area contributed by atoms with Crippen molar-refractivity contribution < 1.29 is 17.6 Å². The molecule has 7 heteroatoms. The fourth-order valence-corrected chi connectivity index (χ4v) is 5.37. The summed E-state index contributed by atoms with van der Waals surface area (Å²) in [4.78, 5) is 14.8. The molecular weight excluding hydrogens is 355 g/mol. The SMILES string of the molecule is Cc1cc(S(=O)(=O)N2CCC(C(=O)N3CCCCCC3)CC2)ccc1F. The predicted molar refractivity (Wildman–Crippen MR) is 97.7 cm³/mol. The maximum Gasteiger partial charge on any atom is 0.243 e. The summed E-state index contributed by atoms with van der Waals surface area (Å²) in [6.45, 7) is 3.88. The first-order valence-electron chi connectivity index (χ1n) is 9.44. The topological polar surface area (TPSA) is 57.7 Å². The van der Waals surface area contributed by atoms with Gasteiger partial charge < -0.3 is 4.90 Å². The van der Waals surface area contributed by atoms with Gasteiger partial charge in [0.1, 0.15) is 5.82 Å². The molecule has 2 saturated heterocycles. The summed E-state index contributed by atoms with van der Waals surface area (Å²) >= 11 is 0. The van der Waals surface area contributed by atoms with Crippen LogP contribution in [0.4, 0.5) is 4.39 Å². The van der Waals surface area contributed by atoms with Gasteiger partial charge in [-0.05, 0) is 56.4 Å². The van der Waals surface area contributed by atoms with Crippen molar-refractivity contribution in [3.63, 3.8) is 0 Å². The van der Waals surface area contributed by atoms with E-state index in [1.54, 1.807) is 6.92 Å². The van der Waals surface area contributed by atoms with Gasteiger partial charge in [-0.2, -0.15) is 4.31 Å². The largest absolute Gasteiger partial charge is 0.342 e. The first-order chi connectivity index (χ1) is 12.4. The zero-order valence-corrected chi connectivity index (χ0v) is 16.1. The van der Waals surface area contributed by atoms with E-state index >= 15 is 0 Å². The Morgan fingerprint density at radius 3 is 2.23 bits per heavy atom. The van der Waals surface area contributed by atoms with Crippen LogP contribution in [0, 0.1) is 18.7 Å². The van der Waals surface area contributed by atoms with Gasteiger partial charge in [-0.1, -0.05) is 12.8 Å². The molecule has 0 N–H and O–H groups in total. The van der Waals surface area contributed by atoms with Gasteiger partial charge in [0.2, 0.25) is 15.9 Å². The summed E-state index contributed by atoms with van der Waals surface area (Å²) in [5.41, 5.74) is 0.317. The number of carbonyl (C=O) groups is 1. The maximum absolute atomic E-state index is 13.4. The van der Waals surface area contributed by atoms with Gasteiger partial charge in [0.05, 0.1) is 4.90 Å². The van der Waals surface area contributed by atoms with Crippen LogP contribution in [-0.2, 0) is 14.8 Å². The number of carbonyl (C=O) groups excluding carboxylic acids is 1. The Hall–Kier alpha value is -1.47. The molecule has 26 heavy (non-hydrogen) atoms. The predicted octanol–water partition coefficient (Wildman–Crippen LogP) is 2.94. The van der Waals surface area contributed by atoms with Gasteiger partial charge in [-0.15, -0.1) is 0 Å². The number of benzene rings is 1. The molecule has 0 spiro atoms. The van der Waals surface area contributed by atoms with Crippen molar-refractivity contribution >= 4 is 15.9 Å². The number of piperidine rings is 1. The molecule has 0 radical (unpaired) electrons. The van der Waals surface area contributed by atoms with E-state index in [2.05, 4.69) is 0 Å². The van der Waals surface area contributed by atoms with Gasteiger partial charge >= 0.3 is 0 Å². The summed E-state index contributed by atoms with van der Waals surface area (Å²) in [7, 11) is -3.64. The van der Waals surface area contributed by atoms with E-state index in [1.165, 1.54) is 35.3 Å². The van der Waals surface area contributed by atoms with Crippen molar-refractivity contribution in [1.29, 1.82) is 0 Å². The number of likely N-dealkylation sites (tertiary alicyclic amines) is 1. The molecule has 2 aliphatic rings. The molecule has 1 aromatic rings. The molecule has 2 heterocycles. The van der Waals surface area contributed by atoms with Gasteiger partial charge in [0.15, 0.2) is 0 Å². The number of rotatable bonds is 3. The lowest BCUT2D eigenvalue weighted by atomic mass is 9.96. The molecule has 0 bridgehead atoms. The third-order valence-corrected chi connectivity index (χ3v) is 7.38. The lowest BCUT2D eigenvalue weighted by molar-refractivity contribution is -0.136. The molecule has 0 aromatic heterocycles. The Bertz CT molecular complexity index is 750. The molecule has 1 amide bonds. The molecule has 144 valence electrons. The second kappa shape index (κ2) is 8.05. The van der Waals surface area contributed by atoms with Crippen LogP contribution in [0.1, 0.15) is 44.1 Å². The van der Waals surface area contributed by atoms with Crippen LogP contribution in [0.25, 0.3) is 0 Å². The smallest absolute Gasteiger partial charge is 0.243 e. The zero-order valence-electron chi connectivity index (χ0n) is 15.3. The first kappa shape index (κ1) is 19.3. The molecule has 2 aliphatic heterocycles. The van der Waals surface area contributed by atoms with E-state index in [4.69, 9.17) is 0 Å². The van der Waals surface area contributed by atoms with Crippen LogP contribution in [0.3, 0.4) is 0 Å². The first-order valence-corrected chi connectivity index (χ1v) is 10.9. The fourth-order valence-electron chi connectivity index (χ4n) is 3.82. The van der Waals surface area contributed by atoms with E-state index in [0.29, 0.717) is 31.5 Å². The van der Waals surface area contributed by atoms with E-state index in [0.717, 1.165) is 25.9 Å². The van der Waals surface area contributed by atoms with Crippen molar-refractivity contribution in [3.8, 4) is 0 Å². The number of nitrogens with zero attached hydrogens (tertiary/aromatic N) is 2. The molecule has 1 aromatic carbocycles. The third kappa shape index (κ3) is 4.09. The normalized spacial score (nSPS) is 20.8. The highest BCUT2D eigenvalue weighted by atomic mass is 32.2. The Morgan fingerprint density at radius 2 is 1.65 bits per heavy atom. The van der Waals surface area contributed by atoms with E-state index in [9.17, 15) is 17.6 Å². The van der Waals surface area contributed by atoms with Crippen molar-refractivity contribution in [1.82, 2.24) is 9.21 Å². The average molecular weight is 383 g/mol. The lowest BCUT2D eigenvalue weighted by Crippen LogP contribution is -2.44. The molecule has 3 rings (SSSR count). The number of aryl methyl sites for hydroxylation is 1. The van der Waals surface area contributed by atoms with Gasteiger partial charge in [-0.25, -0.2) is 12.8 Å². The standard InChI is InChI=1S/C19H27FN2O3S/c1-15-14-17(6-7-18(15)20)26(24,25)22-12-8-16(9-13-22)19(23)21-10-4-2-3-5-11-21/h6-7,14,16H,2-5,8-13H2,1H3. The molecule has 0 unspecified atom stereocenters. The van der Waals surface area contributed by atoms with Gasteiger partial charge in [-0.3, -0.25) is 4.79 Å². The summed E-state index contributed by atoms with van der Waals surface area (Å²) < 4.78 is 40.4. The van der Waals surface area contributed by atoms with E-state index in [1.807, 2.05) is 4.90 Å². The molecule has 0 saturated carbocycles. The molecular formula is C19H27FN2O3S. The molecule has 0 atom stereocenters. The number of halogens is 1. The summed E-state index contributed by atoms with van der Waals surface area (Å²) in [6, 6.07) is 3.88. The van der Waals surface area contributed by atoms with Crippen molar-refractivity contribution in [3.05, 3.63) is 29.6 Å². The summed E-state index contributed by atoms with van der Waals surface area (Å²) in [5.74, 6) is -0.318. The van der Waals surface area contributed by atoms with Gasteiger partial charge in [0.25, 0.3) is 0 Å². The minimum Gasteiger partial charge on any atom is -0.342 e. The van der Waals surface area contributed by atoms with E-state index in [-0.39, 0.29) is 16.7 Å². The quantitative estimate of drug-likeness (QED) is 0.808. The fraction of sp³-hybridized carbons (Fsp3) is 0.632. The second-order valence-corrected chi connectivity index (χ2v) is 9.27. The van der Waals surface area contributed by atoms with Crippen molar-refractivity contribution in [2.75, 3.05) is 26.2 Å². The number of hydrogen-bond acceptors (Lipinski definition) is 3. The summed E-state index contributed by atoms with van der Waals surface area (Å²) in [6.07, 6.45) is 5.57. The minimum absolute atomic E-state index is 0.0884. The Morgan fingerprint density at radius 1 is 1.04 bits per heavy atom. The second-order valence-electron chi connectivity index (χ2n) is 7.33. The van der Waals surface area contributed by atoms with Crippen LogP contribution in [0.15, 0.2) is 23.1 Å². The van der Waals surface area contributed by atoms with Crippen LogP contribution < -0.4 is 0 Å². The van der Waals surface area contributed by atoms with Crippen LogP contribution >= 0.6 is 0 Å². The Balaban J connectivity index is 1.63. The number of sulfonamides is 1. The average Bonchev–Trinajstić information content (AvgIpc) is 2.93. The number of amides is 1. The summed E-state index contributed by atoms with van der Waals surface area (Å²) in [5, 5.41) is 0. The Labute approximate surface area is 155 Å². The van der Waals surface area contributed by atoms with Crippen molar-refractivity contribution in [2.24, 2.45) is 5.92 Å². The lowest BCUT2D eigenvalue weighted by Gasteiger charge is -2.33. The maximum atomic E-state index is 13.4. The van der Waals surface area contributed by atoms with Crippen LogP contribution in [0.2, 0.25) is 0 Å². The highest BCUT2D eigenvalue weighted by molar-refractivity contribution is 7.89. The van der Waals surface area contributed by atoms with E-state index < -0.39 is 15.8 Å². The molecule has 5 nitrogen and oxygen atoms in total. The molecule has 0 aliphatic carbocycles. The molecule has 2 fully saturated rings.